The maximum atomic E-state index is 12.5. The van der Waals surface area contributed by atoms with Crippen LogP contribution in [0.1, 0.15) is 36.8 Å². The molecular formula is C20H27N3O3. The van der Waals surface area contributed by atoms with Crippen LogP contribution < -0.4 is 0 Å². The Kier molecular flexibility index (Phi) is 6.04. The van der Waals surface area contributed by atoms with Gasteiger partial charge in [-0.25, -0.2) is 0 Å². The summed E-state index contributed by atoms with van der Waals surface area (Å²) in [6.45, 7) is 6.52. The summed E-state index contributed by atoms with van der Waals surface area (Å²) >= 11 is 0. The molecule has 0 bridgehead atoms. The van der Waals surface area contributed by atoms with Crippen LogP contribution >= 0.6 is 0 Å². The van der Waals surface area contributed by atoms with Crippen molar-refractivity contribution in [1.82, 2.24) is 14.7 Å². The Bertz CT molecular complexity index is 673. The summed E-state index contributed by atoms with van der Waals surface area (Å²) < 4.78 is 0. The van der Waals surface area contributed by atoms with Crippen LogP contribution in [-0.4, -0.2) is 65.1 Å². The van der Waals surface area contributed by atoms with Gasteiger partial charge in [0.1, 0.15) is 0 Å². The van der Waals surface area contributed by atoms with Gasteiger partial charge in [-0.2, -0.15) is 0 Å². The fraction of sp³-hybridized carbons (Fsp3) is 0.550. The highest BCUT2D eigenvalue weighted by molar-refractivity contribution is 6.02. The zero-order valence-electron chi connectivity index (χ0n) is 15.4. The molecule has 3 rings (SSSR count). The predicted octanol–water partition coefficient (Wildman–Crippen LogP) is 1.57. The quantitative estimate of drug-likeness (QED) is 0.751. The topological polar surface area (TPSA) is 60.9 Å². The lowest BCUT2D eigenvalue weighted by Gasteiger charge is -2.23. The number of carbonyl (C=O) groups excluding carboxylic acids is 3. The zero-order valence-corrected chi connectivity index (χ0v) is 15.4. The third-order valence-electron chi connectivity index (χ3n) is 5.30. The first-order chi connectivity index (χ1) is 12.5. The number of carbonyl (C=O) groups is 3. The van der Waals surface area contributed by atoms with Crippen LogP contribution in [0.2, 0.25) is 0 Å². The maximum absolute atomic E-state index is 12.5. The van der Waals surface area contributed by atoms with Crippen LogP contribution in [0.3, 0.4) is 0 Å². The summed E-state index contributed by atoms with van der Waals surface area (Å²) in [6.07, 6.45) is 1.74. The molecule has 1 aromatic carbocycles. The minimum absolute atomic E-state index is 0.0373. The van der Waals surface area contributed by atoms with E-state index in [2.05, 4.69) is 36.1 Å². The first-order valence-electron chi connectivity index (χ1n) is 9.42. The lowest BCUT2D eigenvalue weighted by molar-refractivity contribution is -0.139. The lowest BCUT2D eigenvalue weighted by Crippen LogP contribution is -2.38. The maximum Gasteiger partial charge on any atom is 0.229 e. The third-order valence-corrected chi connectivity index (χ3v) is 5.30. The number of imide groups is 1. The van der Waals surface area contributed by atoms with Gasteiger partial charge < -0.3 is 4.90 Å². The fourth-order valence-corrected chi connectivity index (χ4v) is 3.64. The van der Waals surface area contributed by atoms with Crippen LogP contribution in [0.5, 0.6) is 0 Å². The number of rotatable bonds is 5. The largest absolute Gasteiger partial charge is 0.341 e. The minimum atomic E-state index is -0.150. The Labute approximate surface area is 154 Å². The van der Waals surface area contributed by atoms with Gasteiger partial charge in [0.25, 0.3) is 0 Å². The Morgan fingerprint density at radius 3 is 2.46 bits per heavy atom. The van der Waals surface area contributed by atoms with Gasteiger partial charge >= 0.3 is 0 Å². The number of hydrogen-bond donors (Lipinski definition) is 0. The van der Waals surface area contributed by atoms with E-state index in [0.717, 1.165) is 32.6 Å². The van der Waals surface area contributed by atoms with Crippen LogP contribution in [0, 0.1) is 6.92 Å². The molecule has 140 valence electrons. The molecule has 0 aromatic heterocycles. The molecule has 0 aliphatic carbocycles. The molecule has 6 nitrogen and oxygen atoms in total. The number of hydrogen-bond acceptors (Lipinski definition) is 4. The van der Waals surface area contributed by atoms with Gasteiger partial charge in [-0.15, -0.1) is 0 Å². The first-order valence-corrected chi connectivity index (χ1v) is 9.42. The number of aryl methyl sites for hydroxylation is 1. The van der Waals surface area contributed by atoms with Crippen molar-refractivity contribution in [2.45, 2.75) is 39.2 Å². The molecule has 2 aliphatic rings. The summed E-state index contributed by atoms with van der Waals surface area (Å²) in [5, 5.41) is 0. The van der Waals surface area contributed by atoms with Gasteiger partial charge in [-0.3, -0.25) is 24.2 Å². The number of amides is 3. The highest BCUT2D eigenvalue weighted by Gasteiger charge is 2.29. The van der Waals surface area contributed by atoms with Crippen molar-refractivity contribution in [2.24, 2.45) is 0 Å². The van der Waals surface area contributed by atoms with Crippen molar-refractivity contribution >= 4 is 17.7 Å². The SMILES string of the molecule is Cc1ccccc1CN1CCCN(C(=O)CCN2C(=O)CCC2=O)CC1. The van der Waals surface area contributed by atoms with Crippen LogP contribution in [0.25, 0.3) is 0 Å². The van der Waals surface area contributed by atoms with Crippen molar-refractivity contribution in [3.63, 3.8) is 0 Å². The average Bonchev–Trinajstić information content (AvgIpc) is 2.82. The van der Waals surface area contributed by atoms with E-state index in [9.17, 15) is 14.4 Å². The van der Waals surface area contributed by atoms with Crippen LogP contribution in [0.4, 0.5) is 0 Å². The molecule has 2 heterocycles. The summed E-state index contributed by atoms with van der Waals surface area (Å²) in [4.78, 5) is 41.3. The van der Waals surface area contributed by atoms with Crippen molar-refractivity contribution < 1.29 is 14.4 Å². The van der Waals surface area contributed by atoms with Crippen molar-refractivity contribution in [3.05, 3.63) is 35.4 Å². The van der Waals surface area contributed by atoms with Crippen molar-refractivity contribution in [1.29, 1.82) is 0 Å². The fourth-order valence-electron chi connectivity index (χ4n) is 3.64. The second-order valence-corrected chi connectivity index (χ2v) is 7.13. The zero-order chi connectivity index (χ0) is 18.5. The van der Waals surface area contributed by atoms with Gasteiger partial charge in [0.05, 0.1) is 0 Å². The Morgan fingerprint density at radius 1 is 1.00 bits per heavy atom. The molecule has 1 aromatic rings. The van der Waals surface area contributed by atoms with Crippen molar-refractivity contribution in [3.8, 4) is 0 Å². The number of likely N-dealkylation sites (tertiary alicyclic amines) is 1. The molecule has 2 fully saturated rings. The van der Waals surface area contributed by atoms with Gasteiger partial charge in [-0.1, -0.05) is 24.3 Å². The van der Waals surface area contributed by atoms with Gasteiger partial charge in [0, 0.05) is 58.5 Å². The number of nitrogens with zero attached hydrogens (tertiary/aromatic N) is 3. The highest BCUT2D eigenvalue weighted by Crippen LogP contribution is 2.15. The van der Waals surface area contributed by atoms with E-state index in [1.807, 2.05) is 4.90 Å². The first kappa shape index (κ1) is 18.6. The average molecular weight is 357 g/mol. The van der Waals surface area contributed by atoms with E-state index in [0.29, 0.717) is 6.54 Å². The third kappa shape index (κ3) is 4.49. The van der Waals surface area contributed by atoms with E-state index in [-0.39, 0.29) is 43.5 Å². The van der Waals surface area contributed by atoms with E-state index in [1.54, 1.807) is 0 Å². The summed E-state index contributed by atoms with van der Waals surface area (Å²) in [6, 6.07) is 8.41. The van der Waals surface area contributed by atoms with Gasteiger partial charge in [0.15, 0.2) is 0 Å². The predicted molar refractivity (Wildman–Crippen MR) is 98.2 cm³/mol. The molecule has 0 radical (unpaired) electrons. The second kappa shape index (κ2) is 8.45. The molecule has 26 heavy (non-hydrogen) atoms. The molecular weight excluding hydrogens is 330 g/mol. The lowest BCUT2D eigenvalue weighted by atomic mass is 10.1. The summed E-state index contributed by atoms with van der Waals surface area (Å²) in [5.41, 5.74) is 2.63. The molecule has 0 N–H and O–H groups in total. The molecule has 0 unspecified atom stereocenters. The second-order valence-electron chi connectivity index (χ2n) is 7.13. The molecule has 2 saturated heterocycles. The van der Waals surface area contributed by atoms with E-state index >= 15 is 0 Å². The molecule has 3 amide bonds. The summed E-state index contributed by atoms with van der Waals surface area (Å²) in [5.74, 6) is -0.263. The molecule has 6 heteroatoms. The Hall–Kier alpha value is -2.21. The van der Waals surface area contributed by atoms with Crippen LogP contribution in [-0.2, 0) is 20.9 Å². The van der Waals surface area contributed by atoms with E-state index in [1.165, 1.54) is 16.0 Å². The van der Waals surface area contributed by atoms with Gasteiger partial charge in [0.2, 0.25) is 17.7 Å². The van der Waals surface area contributed by atoms with Crippen molar-refractivity contribution in [2.75, 3.05) is 32.7 Å². The van der Waals surface area contributed by atoms with Crippen LogP contribution in [0.15, 0.2) is 24.3 Å². The standard InChI is InChI=1S/C20H27N3O3/c1-16-5-2-3-6-17(16)15-21-10-4-11-22(14-13-21)18(24)9-12-23-19(25)7-8-20(23)26/h2-3,5-6H,4,7-15H2,1H3. The normalized spacial score (nSPS) is 19.1. The Morgan fingerprint density at radius 2 is 1.73 bits per heavy atom. The van der Waals surface area contributed by atoms with E-state index in [4.69, 9.17) is 0 Å². The highest BCUT2D eigenvalue weighted by atomic mass is 16.2. The molecule has 0 atom stereocenters. The minimum Gasteiger partial charge on any atom is -0.341 e. The smallest absolute Gasteiger partial charge is 0.229 e. The molecule has 0 spiro atoms. The van der Waals surface area contributed by atoms with E-state index < -0.39 is 0 Å². The summed E-state index contributed by atoms with van der Waals surface area (Å²) in [7, 11) is 0. The molecule has 0 saturated carbocycles. The monoisotopic (exact) mass is 357 g/mol. The number of benzene rings is 1. The molecule has 2 aliphatic heterocycles. The Balaban J connectivity index is 1.48. The van der Waals surface area contributed by atoms with Gasteiger partial charge in [-0.05, 0) is 24.5 Å².